The number of amides is 1. The number of anilines is 1. The van der Waals surface area contributed by atoms with Gasteiger partial charge < -0.3 is 10.1 Å². The minimum absolute atomic E-state index is 0.00775. The minimum atomic E-state index is -4.11. The Labute approximate surface area is 200 Å². The third-order valence-electron chi connectivity index (χ3n) is 5.73. The van der Waals surface area contributed by atoms with Crippen LogP contribution in [-0.4, -0.2) is 28.0 Å². The van der Waals surface area contributed by atoms with Gasteiger partial charge in [0.2, 0.25) is 5.91 Å². The van der Waals surface area contributed by atoms with Crippen LogP contribution in [0, 0.1) is 19.7 Å². The van der Waals surface area contributed by atoms with Crippen LogP contribution in [0.1, 0.15) is 36.1 Å². The Bertz CT molecular complexity index is 1240. The fourth-order valence-electron chi connectivity index (χ4n) is 3.57. The summed E-state index contributed by atoms with van der Waals surface area (Å²) in [5.74, 6) is -0.466. The summed E-state index contributed by atoms with van der Waals surface area (Å²) in [5.41, 5.74) is 3.40. The van der Waals surface area contributed by atoms with E-state index in [2.05, 4.69) is 5.32 Å². The highest BCUT2D eigenvalue weighted by molar-refractivity contribution is 7.92. The van der Waals surface area contributed by atoms with Crippen LogP contribution < -0.4 is 14.4 Å². The fourth-order valence-corrected chi connectivity index (χ4v) is 4.99. The topological polar surface area (TPSA) is 75.7 Å². The summed E-state index contributed by atoms with van der Waals surface area (Å²) in [6, 6.07) is 16.6. The number of nitrogens with zero attached hydrogens (tertiary/aromatic N) is 1. The largest absolute Gasteiger partial charge is 0.497 e. The molecular formula is C26H29FN2O4S. The van der Waals surface area contributed by atoms with E-state index in [1.54, 1.807) is 0 Å². The van der Waals surface area contributed by atoms with E-state index in [1.165, 1.54) is 43.5 Å². The number of methoxy groups -OCH3 is 1. The zero-order valence-electron chi connectivity index (χ0n) is 19.7. The average Bonchev–Trinajstić information content (AvgIpc) is 2.83. The summed E-state index contributed by atoms with van der Waals surface area (Å²) in [6.45, 7) is 5.52. The van der Waals surface area contributed by atoms with E-state index in [9.17, 15) is 17.6 Å². The molecule has 0 saturated carbocycles. The Morgan fingerprint density at radius 3 is 2.21 bits per heavy atom. The third-order valence-corrected chi connectivity index (χ3v) is 7.51. The predicted molar refractivity (Wildman–Crippen MR) is 131 cm³/mol. The van der Waals surface area contributed by atoms with Crippen molar-refractivity contribution in [3.63, 3.8) is 0 Å². The van der Waals surface area contributed by atoms with E-state index in [0.717, 1.165) is 33.1 Å². The number of aryl methyl sites for hydroxylation is 2. The number of carbonyl (C=O) groups excluding carboxylic acids is 1. The van der Waals surface area contributed by atoms with Crippen molar-refractivity contribution in [1.29, 1.82) is 0 Å². The van der Waals surface area contributed by atoms with Crippen LogP contribution >= 0.6 is 0 Å². The lowest BCUT2D eigenvalue weighted by atomic mass is 9.99. The highest BCUT2D eigenvalue weighted by atomic mass is 32.2. The van der Waals surface area contributed by atoms with Crippen LogP contribution in [0.4, 0.5) is 10.1 Å². The summed E-state index contributed by atoms with van der Waals surface area (Å²) in [5, 5.41) is 2.94. The molecule has 3 aromatic carbocycles. The molecule has 0 spiro atoms. The van der Waals surface area contributed by atoms with Crippen molar-refractivity contribution < 1.29 is 22.3 Å². The van der Waals surface area contributed by atoms with E-state index < -0.39 is 28.3 Å². The average molecular weight is 485 g/mol. The quantitative estimate of drug-likeness (QED) is 0.468. The number of benzene rings is 3. The molecule has 1 amide bonds. The second kappa shape index (κ2) is 10.7. The molecule has 0 fully saturated rings. The van der Waals surface area contributed by atoms with Crippen LogP contribution in [0.15, 0.2) is 71.6 Å². The first kappa shape index (κ1) is 25.2. The van der Waals surface area contributed by atoms with Gasteiger partial charge in [-0.3, -0.25) is 9.10 Å². The van der Waals surface area contributed by atoms with Crippen molar-refractivity contribution in [3.8, 4) is 5.75 Å². The molecule has 0 heterocycles. The summed E-state index contributed by atoms with van der Waals surface area (Å²) in [4.78, 5) is 13.0. The monoisotopic (exact) mass is 484 g/mol. The minimum Gasteiger partial charge on any atom is -0.497 e. The van der Waals surface area contributed by atoms with Crippen LogP contribution in [0.2, 0.25) is 0 Å². The molecule has 1 unspecified atom stereocenters. The standard InChI is InChI=1S/C26H29FN2O4S/c1-5-25(20-7-6-18(2)19(3)16-20)28-26(30)17-29(22-10-8-21(27)9-11-22)34(31,32)24-14-12-23(33-4)13-15-24/h6-16,25H,5,17H2,1-4H3,(H,28,30). The number of hydrogen-bond acceptors (Lipinski definition) is 4. The van der Waals surface area contributed by atoms with Gasteiger partial charge in [-0.2, -0.15) is 0 Å². The Balaban J connectivity index is 1.90. The Morgan fingerprint density at radius 1 is 1.00 bits per heavy atom. The zero-order chi connectivity index (χ0) is 24.9. The molecule has 0 radical (unpaired) electrons. The molecule has 0 aromatic heterocycles. The lowest BCUT2D eigenvalue weighted by Gasteiger charge is -2.26. The van der Waals surface area contributed by atoms with Gasteiger partial charge in [0.25, 0.3) is 10.0 Å². The molecule has 1 atom stereocenters. The Morgan fingerprint density at radius 2 is 1.65 bits per heavy atom. The van der Waals surface area contributed by atoms with Crippen molar-refractivity contribution in [2.75, 3.05) is 18.0 Å². The molecule has 0 aliphatic rings. The van der Waals surface area contributed by atoms with Gasteiger partial charge >= 0.3 is 0 Å². The van der Waals surface area contributed by atoms with Crippen molar-refractivity contribution in [2.45, 2.75) is 38.1 Å². The smallest absolute Gasteiger partial charge is 0.264 e. The maximum atomic E-state index is 13.5. The summed E-state index contributed by atoms with van der Waals surface area (Å²) >= 11 is 0. The van der Waals surface area contributed by atoms with Crippen molar-refractivity contribution in [3.05, 3.63) is 89.2 Å². The number of rotatable bonds is 9. The Hall–Kier alpha value is -3.39. The first-order chi connectivity index (χ1) is 16.1. The van der Waals surface area contributed by atoms with Crippen LogP contribution in [0.5, 0.6) is 5.75 Å². The van der Waals surface area contributed by atoms with E-state index in [0.29, 0.717) is 12.2 Å². The van der Waals surface area contributed by atoms with Gasteiger partial charge in [-0.15, -0.1) is 0 Å². The zero-order valence-corrected chi connectivity index (χ0v) is 20.5. The van der Waals surface area contributed by atoms with Crippen molar-refractivity contribution in [2.24, 2.45) is 0 Å². The van der Waals surface area contributed by atoms with Gasteiger partial charge in [0.15, 0.2) is 0 Å². The SMILES string of the molecule is CCC(NC(=O)CN(c1ccc(F)cc1)S(=O)(=O)c1ccc(OC)cc1)c1ccc(C)c(C)c1. The molecule has 0 saturated heterocycles. The molecule has 0 aliphatic heterocycles. The number of sulfonamides is 1. The molecule has 180 valence electrons. The molecule has 8 heteroatoms. The predicted octanol–water partition coefficient (Wildman–Crippen LogP) is 4.91. The fraction of sp³-hybridized carbons (Fsp3) is 0.269. The highest BCUT2D eigenvalue weighted by Gasteiger charge is 2.28. The van der Waals surface area contributed by atoms with Crippen LogP contribution in [0.3, 0.4) is 0 Å². The normalized spacial score (nSPS) is 12.1. The van der Waals surface area contributed by atoms with Gasteiger partial charge in [-0.05, 0) is 85.5 Å². The number of hydrogen-bond donors (Lipinski definition) is 1. The van der Waals surface area contributed by atoms with Crippen molar-refractivity contribution in [1.82, 2.24) is 5.32 Å². The molecule has 3 aromatic rings. The molecule has 0 aliphatic carbocycles. The summed E-state index contributed by atoms with van der Waals surface area (Å²) in [7, 11) is -2.63. The first-order valence-electron chi connectivity index (χ1n) is 10.9. The van der Waals surface area contributed by atoms with Gasteiger partial charge in [-0.25, -0.2) is 12.8 Å². The van der Waals surface area contributed by atoms with Crippen LogP contribution in [-0.2, 0) is 14.8 Å². The number of carbonyl (C=O) groups is 1. The first-order valence-corrected chi connectivity index (χ1v) is 12.4. The molecule has 34 heavy (non-hydrogen) atoms. The summed E-state index contributed by atoms with van der Waals surface area (Å²) < 4.78 is 46.6. The second-order valence-electron chi connectivity index (χ2n) is 8.04. The molecule has 1 N–H and O–H groups in total. The second-order valence-corrected chi connectivity index (χ2v) is 9.90. The van der Waals surface area contributed by atoms with Crippen molar-refractivity contribution >= 4 is 21.6 Å². The number of halogens is 1. The van der Waals surface area contributed by atoms with Gasteiger partial charge in [-0.1, -0.05) is 25.1 Å². The lowest BCUT2D eigenvalue weighted by Crippen LogP contribution is -2.42. The molecule has 3 rings (SSSR count). The van der Waals surface area contributed by atoms with Crippen LogP contribution in [0.25, 0.3) is 0 Å². The van der Waals surface area contributed by atoms with Gasteiger partial charge in [0, 0.05) is 0 Å². The van der Waals surface area contributed by atoms with E-state index in [-0.39, 0.29) is 16.6 Å². The highest BCUT2D eigenvalue weighted by Crippen LogP contribution is 2.26. The van der Waals surface area contributed by atoms with E-state index in [4.69, 9.17) is 4.74 Å². The Kier molecular flexibility index (Phi) is 7.94. The molecule has 6 nitrogen and oxygen atoms in total. The maximum Gasteiger partial charge on any atom is 0.264 e. The van der Waals surface area contributed by atoms with E-state index >= 15 is 0 Å². The van der Waals surface area contributed by atoms with Gasteiger partial charge in [0.1, 0.15) is 18.1 Å². The maximum absolute atomic E-state index is 13.5. The number of nitrogens with one attached hydrogen (secondary N) is 1. The lowest BCUT2D eigenvalue weighted by molar-refractivity contribution is -0.120. The van der Waals surface area contributed by atoms with E-state index in [1.807, 2.05) is 39.0 Å². The molecular weight excluding hydrogens is 455 g/mol. The number of ether oxygens (including phenoxy) is 1. The third kappa shape index (κ3) is 5.75. The molecule has 0 bridgehead atoms. The summed E-state index contributed by atoms with van der Waals surface area (Å²) in [6.07, 6.45) is 0.635. The van der Waals surface area contributed by atoms with Gasteiger partial charge in [0.05, 0.1) is 23.7 Å².